The van der Waals surface area contributed by atoms with E-state index in [1.807, 2.05) is 20.0 Å². The summed E-state index contributed by atoms with van der Waals surface area (Å²) in [5, 5.41) is 0. The van der Waals surface area contributed by atoms with Crippen LogP contribution in [0.1, 0.15) is 20.8 Å². The summed E-state index contributed by atoms with van der Waals surface area (Å²) in [6.45, 7) is 6.09. The van der Waals surface area contributed by atoms with Crippen LogP contribution in [0.2, 0.25) is 0 Å². The molecule has 62 valence electrons. The molecule has 1 amide bonds. The number of hydrogen-bond donors (Lipinski definition) is 0. The minimum absolute atomic E-state index is 0.163. The molecule has 0 aromatic heterocycles. The van der Waals surface area contributed by atoms with Crippen molar-refractivity contribution in [1.29, 1.82) is 0 Å². The van der Waals surface area contributed by atoms with Gasteiger partial charge in [0, 0.05) is 18.7 Å². The number of hydrogen-bond acceptors (Lipinski definition) is 1. The normalized spacial score (nSPS) is 32.2. The van der Waals surface area contributed by atoms with Crippen LogP contribution in [0.25, 0.3) is 0 Å². The zero-order valence-electron chi connectivity index (χ0n) is 7.59. The Bertz CT molecular complexity index is 208. The molecule has 0 spiro atoms. The molecule has 0 N–H and O–H groups in total. The van der Waals surface area contributed by atoms with Crippen LogP contribution in [0.15, 0.2) is 11.6 Å². The van der Waals surface area contributed by atoms with Gasteiger partial charge in [-0.1, -0.05) is 13.0 Å². The standard InChI is InChI=1S/C9H15NO/c1-6-5-7(2)9(11)10(4)8(6)3/h5-6,8H,1-4H3. The molecule has 0 fully saturated rings. The predicted octanol–water partition coefficient (Wildman–Crippen LogP) is 1.43. The summed E-state index contributed by atoms with van der Waals surface area (Å²) in [4.78, 5) is 13.1. The molecule has 2 nitrogen and oxygen atoms in total. The van der Waals surface area contributed by atoms with E-state index in [0.29, 0.717) is 12.0 Å². The first-order valence-corrected chi connectivity index (χ1v) is 3.99. The van der Waals surface area contributed by atoms with Crippen LogP contribution in [0.4, 0.5) is 0 Å². The number of likely N-dealkylation sites (N-methyl/N-ethyl adjacent to an activating group) is 1. The maximum atomic E-state index is 11.3. The van der Waals surface area contributed by atoms with Crippen LogP contribution in [0, 0.1) is 5.92 Å². The van der Waals surface area contributed by atoms with E-state index in [1.54, 1.807) is 4.90 Å². The number of carbonyl (C=O) groups is 1. The highest BCUT2D eigenvalue weighted by molar-refractivity contribution is 5.93. The van der Waals surface area contributed by atoms with Gasteiger partial charge in [0.25, 0.3) is 0 Å². The van der Waals surface area contributed by atoms with Crippen LogP contribution < -0.4 is 0 Å². The van der Waals surface area contributed by atoms with Gasteiger partial charge >= 0.3 is 0 Å². The molecule has 0 aromatic rings. The van der Waals surface area contributed by atoms with Gasteiger partial charge in [0.15, 0.2) is 0 Å². The highest BCUT2D eigenvalue weighted by Crippen LogP contribution is 2.20. The maximum Gasteiger partial charge on any atom is 0.249 e. The molecule has 0 radical (unpaired) electrons. The molecule has 1 aliphatic rings. The first-order chi connectivity index (χ1) is 5.04. The third-order valence-corrected chi connectivity index (χ3v) is 2.54. The van der Waals surface area contributed by atoms with Crippen molar-refractivity contribution in [3.63, 3.8) is 0 Å². The lowest BCUT2D eigenvalue weighted by Crippen LogP contribution is -2.42. The van der Waals surface area contributed by atoms with Crippen LogP contribution >= 0.6 is 0 Å². The average Bonchev–Trinajstić information content (AvgIpc) is 1.97. The lowest BCUT2D eigenvalue weighted by molar-refractivity contribution is -0.129. The van der Waals surface area contributed by atoms with Crippen LogP contribution in [0.3, 0.4) is 0 Å². The van der Waals surface area contributed by atoms with Gasteiger partial charge in [-0.2, -0.15) is 0 Å². The Morgan fingerprint density at radius 2 is 2.00 bits per heavy atom. The zero-order chi connectivity index (χ0) is 8.59. The van der Waals surface area contributed by atoms with Crippen molar-refractivity contribution in [3.8, 4) is 0 Å². The van der Waals surface area contributed by atoms with Crippen molar-refractivity contribution in [2.45, 2.75) is 26.8 Å². The maximum absolute atomic E-state index is 11.3. The molecule has 1 aliphatic heterocycles. The summed E-state index contributed by atoms with van der Waals surface area (Å²) >= 11 is 0. The van der Waals surface area contributed by atoms with E-state index in [9.17, 15) is 4.79 Å². The second-order valence-corrected chi connectivity index (χ2v) is 3.37. The lowest BCUT2D eigenvalue weighted by atomic mass is 9.95. The van der Waals surface area contributed by atoms with Crippen molar-refractivity contribution < 1.29 is 4.79 Å². The quantitative estimate of drug-likeness (QED) is 0.515. The van der Waals surface area contributed by atoms with Gasteiger partial charge < -0.3 is 4.90 Å². The molecule has 0 saturated carbocycles. The molecule has 0 aliphatic carbocycles. The lowest BCUT2D eigenvalue weighted by Gasteiger charge is -2.33. The van der Waals surface area contributed by atoms with Crippen LogP contribution in [-0.2, 0) is 4.79 Å². The van der Waals surface area contributed by atoms with Gasteiger partial charge in [-0.25, -0.2) is 0 Å². The molecule has 1 heterocycles. The van der Waals surface area contributed by atoms with Crippen molar-refractivity contribution >= 4 is 5.91 Å². The largest absolute Gasteiger partial charge is 0.339 e. The average molecular weight is 153 g/mol. The van der Waals surface area contributed by atoms with E-state index >= 15 is 0 Å². The van der Waals surface area contributed by atoms with Gasteiger partial charge in [-0.15, -0.1) is 0 Å². The van der Waals surface area contributed by atoms with Crippen LogP contribution in [0.5, 0.6) is 0 Å². The number of carbonyl (C=O) groups excluding carboxylic acids is 1. The SMILES string of the molecule is CC1=CC(C)C(C)N(C)C1=O. The van der Waals surface area contributed by atoms with Crippen LogP contribution in [-0.4, -0.2) is 23.9 Å². The van der Waals surface area contributed by atoms with E-state index in [1.165, 1.54) is 0 Å². The third-order valence-electron chi connectivity index (χ3n) is 2.54. The topological polar surface area (TPSA) is 20.3 Å². The molecule has 1 rings (SSSR count). The van der Waals surface area contributed by atoms with Gasteiger partial charge in [-0.3, -0.25) is 4.79 Å². The van der Waals surface area contributed by atoms with Gasteiger partial charge in [0.2, 0.25) is 5.91 Å². The predicted molar refractivity (Wildman–Crippen MR) is 45.2 cm³/mol. The Kier molecular flexibility index (Phi) is 2.03. The number of amides is 1. The minimum Gasteiger partial charge on any atom is -0.339 e. The fourth-order valence-corrected chi connectivity index (χ4v) is 1.42. The van der Waals surface area contributed by atoms with Gasteiger partial charge in [0.1, 0.15) is 0 Å². The monoisotopic (exact) mass is 153 g/mol. The molecule has 0 aromatic carbocycles. The Labute approximate surface area is 67.9 Å². The van der Waals surface area contributed by atoms with E-state index in [0.717, 1.165) is 5.57 Å². The molecule has 2 atom stereocenters. The molecule has 2 unspecified atom stereocenters. The Balaban J connectivity index is 2.92. The third kappa shape index (κ3) is 1.30. The van der Waals surface area contributed by atoms with E-state index in [-0.39, 0.29) is 5.91 Å². The Morgan fingerprint density at radius 1 is 1.45 bits per heavy atom. The smallest absolute Gasteiger partial charge is 0.249 e. The van der Waals surface area contributed by atoms with Crippen molar-refractivity contribution in [1.82, 2.24) is 4.90 Å². The molecular weight excluding hydrogens is 138 g/mol. The Hall–Kier alpha value is -0.790. The van der Waals surface area contributed by atoms with E-state index < -0.39 is 0 Å². The Morgan fingerprint density at radius 3 is 2.55 bits per heavy atom. The molecule has 0 bridgehead atoms. The second-order valence-electron chi connectivity index (χ2n) is 3.37. The zero-order valence-corrected chi connectivity index (χ0v) is 7.59. The fraction of sp³-hybridized carbons (Fsp3) is 0.667. The minimum atomic E-state index is 0.163. The first kappa shape index (κ1) is 8.31. The second kappa shape index (κ2) is 2.68. The molecule has 0 saturated heterocycles. The summed E-state index contributed by atoms with van der Waals surface area (Å²) in [6, 6.07) is 0.339. The van der Waals surface area contributed by atoms with E-state index in [4.69, 9.17) is 0 Å². The summed E-state index contributed by atoms with van der Waals surface area (Å²) < 4.78 is 0. The van der Waals surface area contributed by atoms with Crippen molar-refractivity contribution in [2.24, 2.45) is 5.92 Å². The highest BCUT2D eigenvalue weighted by atomic mass is 16.2. The molecule has 11 heavy (non-hydrogen) atoms. The summed E-state index contributed by atoms with van der Waals surface area (Å²) in [6.07, 6.45) is 2.05. The summed E-state index contributed by atoms with van der Waals surface area (Å²) in [7, 11) is 1.86. The van der Waals surface area contributed by atoms with Gasteiger partial charge in [-0.05, 0) is 19.8 Å². The van der Waals surface area contributed by atoms with Gasteiger partial charge in [0.05, 0.1) is 0 Å². The molecule has 2 heteroatoms. The van der Waals surface area contributed by atoms with Crippen molar-refractivity contribution in [3.05, 3.63) is 11.6 Å². The fourth-order valence-electron chi connectivity index (χ4n) is 1.42. The summed E-state index contributed by atoms with van der Waals surface area (Å²) in [5.74, 6) is 0.647. The number of nitrogens with zero attached hydrogens (tertiary/aromatic N) is 1. The van der Waals surface area contributed by atoms with E-state index in [2.05, 4.69) is 13.8 Å². The number of rotatable bonds is 0. The highest BCUT2D eigenvalue weighted by Gasteiger charge is 2.25. The van der Waals surface area contributed by atoms with Crippen molar-refractivity contribution in [2.75, 3.05) is 7.05 Å². The molecular formula is C9H15NO. The first-order valence-electron chi connectivity index (χ1n) is 3.99. The summed E-state index contributed by atoms with van der Waals surface area (Å²) in [5.41, 5.74) is 0.873.